The van der Waals surface area contributed by atoms with Crippen LogP contribution in [0.25, 0.3) is 6.08 Å². The third-order valence-corrected chi connectivity index (χ3v) is 2.92. The van der Waals surface area contributed by atoms with Crippen molar-refractivity contribution in [3.8, 4) is 5.75 Å². The van der Waals surface area contributed by atoms with Crippen LogP contribution in [0.2, 0.25) is 0 Å². The van der Waals surface area contributed by atoms with Crippen molar-refractivity contribution < 1.29 is 27.4 Å². The minimum atomic E-state index is -4.40. The first-order chi connectivity index (χ1) is 10.4. The molecule has 1 aromatic carbocycles. The number of carbonyl (C=O) groups excluding carboxylic acids is 1. The van der Waals surface area contributed by atoms with Gasteiger partial charge in [0.15, 0.2) is 0 Å². The molecule has 1 rings (SSSR count). The summed E-state index contributed by atoms with van der Waals surface area (Å²) >= 11 is 0. The Kier molecular flexibility index (Phi) is 6.95. The molecule has 0 aliphatic heterocycles. The van der Waals surface area contributed by atoms with Crippen molar-refractivity contribution in [2.75, 3.05) is 13.7 Å². The summed E-state index contributed by atoms with van der Waals surface area (Å²) in [6.07, 6.45) is -2.42. The van der Waals surface area contributed by atoms with Crippen molar-refractivity contribution in [3.63, 3.8) is 0 Å². The molecule has 0 radical (unpaired) electrons. The Hall–Kier alpha value is -1.98. The molecule has 0 aliphatic carbocycles. The van der Waals surface area contributed by atoms with Crippen LogP contribution < -0.4 is 4.74 Å². The van der Waals surface area contributed by atoms with Gasteiger partial charge in [0, 0.05) is 0 Å². The normalized spacial score (nSPS) is 13.1. The van der Waals surface area contributed by atoms with Crippen LogP contribution in [0.3, 0.4) is 0 Å². The molecule has 0 bridgehead atoms. The summed E-state index contributed by atoms with van der Waals surface area (Å²) < 4.78 is 47.3. The zero-order chi connectivity index (χ0) is 16.6. The number of esters is 1. The number of hydrogen-bond acceptors (Lipinski definition) is 3. The van der Waals surface area contributed by atoms with Crippen LogP contribution in [-0.2, 0) is 9.53 Å². The number of carbonyl (C=O) groups is 1. The molecule has 1 aromatic rings. The van der Waals surface area contributed by atoms with Gasteiger partial charge in [-0.05, 0) is 31.0 Å². The number of benzene rings is 1. The highest BCUT2D eigenvalue weighted by Gasteiger charge is 2.35. The van der Waals surface area contributed by atoms with E-state index >= 15 is 0 Å². The third-order valence-electron chi connectivity index (χ3n) is 2.92. The maximum atomic E-state index is 12.5. The second-order valence-corrected chi connectivity index (χ2v) is 4.68. The Morgan fingerprint density at radius 3 is 2.68 bits per heavy atom. The SMILES string of the molecule is CCOC(=O)C(C/C=C/c1cccc(OC)c1)CC(F)(F)F. The van der Waals surface area contributed by atoms with E-state index in [0.717, 1.165) is 5.56 Å². The van der Waals surface area contributed by atoms with Crippen LogP contribution in [0.4, 0.5) is 13.2 Å². The van der Waals surface area contributed by atoms with Crippen LogP contribution in [0, 0.1) is 5.92 Å². The molecule has 0 amide bonds. The zero-order valence-corrected chi connectivity index (χ0v) is 12.5. The Balaban J connectivity index is 2.72. The van der Waals surface area contributed by atoms with Crippen molar-refractivity contribution in [1.29, 1.82) is 0 Å². The van der Waals surface area contributed by atoms with Crippen LogP contribution in [-0.4, -0.2) is 25.9 Å². The first-order valence-electron chi connectivity index (χ1n) is 6.89. The first kappa shape index (κ1) is 18.1. The van der Waals surface area contributed by atoms with E-state index in [4.69, 9.17) is 9.47 Å². The molecule has 3 nitrogen and oxygen atoms in total. The average molecular weight is 316 g/mol. The van der Waals surface area contributed by atoms with Crippen molar-refractivity contribution in [3.05, 3.63) is 35.9 Å². The van der Waals surface area contributed by atoms with Crippen LogP contribution in [0.15, 0.2) is 30.3 Å². The highest BCUT2D eigenvalue weighted by Crippen LogP contribution is 2.28. The summed E-state index contributed by atoms with van der Waals surface area (Å²) in [6.45, 7) is 1.63. The second kappa shape index (κ2) is 8.46. The van der Waals surface area contributed by atoms with Gasteiger partial charge in [0.05, 0.1) is 26.1 Å². The summed E-state index contributed by atoms with van der Waals surface area (Å²) in [5.74, 6) is -1.39. The minimum Gasteiger partial charge on any atom is -0.497 e. The lowest BCUT2D eigenvalue weighted by molar-refractivity contribution is -0.167. The number of rotatable bonds is 7. The quantitative estimate of drug-likeness (QED) is 0.706. The largest absolute Gasteiger partial charge is 0.497 e. The maximum Gasteiger partial charge on any atom is 0.389 e. The topological polar surface area (TPSA) is 35.5 Å². The summed E-state index contributed by atoms with van der Waals surface area (Å²) in [4.78, 5) is 11.6. The average Bonchev–Trinajstić information content (AvgIpc) is 2.45. The fourth-order valence-electron chi connectivity index (χ4n) is 1.92. The predicted molar refractivity (Wildman–Crippen MR) is 77.4 cm³/mol. The summed E-state index contributed by atoms with van der Waals surface area (Å²) in [7, 11) is 1.53. The Morgan fingerprint density at radius 2 is 2.09 bits per heavy atom. The number of methoxy groups -OCH3 is 1. The van der Waals surface area contributed by atoms with Crippen molar-refractivity contribution >= 4 is 12.0 Å². The molecule has 0 spiro atoms. The van der Waals surface area contributed by atoms with E-state index in [1.807, 2.05) is 0 Å². The number of halogens is 3. The highest BCUT2D eigenvalue weighted by atomic mass is 19.4. The number of alkyl halides is 3. The molecule has 0 fully saturated rings. The minimum absolute atomic E-state index is 0.0322. The molecule has 0 saturated heterocycles. The predicted octanol–water partition coefficient (Wildman–Crippen LogP) is 4.23. The van der Waals surface area contributed by atoms with Gasteiger partial charge in [0.25, 0.3) is 0 Å². The Morgan fingerprint density at radius 1 is 1.36 bits per heavy atom. The van der Waals surface area contributed by atoms with E-state index in [9.17, 15) is 18.0 Å². The molecular formula is C16H19F3O3. The molecule has 0 saturated carbocycles. The zero-order valence-electron chi connectivity index (χ0n) is 12.5. The molecule has 22 heavy (non-hydrogen) atoms. The third kappa shape index (κ3) is 6.65. The van der Waals surface area contributed by atoms with Gasteiger partial charge in [-0.25, -0.2) is 0 Å². The van der Waals surface area contributed by atoms with Gasteiger partial charge in [-0.3, -0.25) is 4.79 Å². The van der Waals surface area contributed by atoms with Crippen LogP contribution >= 0.6 is 0 Å². The first-order valence-corrected chi connectivity index (χ1v) is 6.89. The van der Waals surface area contributed by atoms with E-state index in [0.29, 0.717) is 5.75 Å². The molecule has 1 atom stereocenters. The summed E-state index contributed by atoms with van der Waals surface area (Å²) in [5.41, 5.74) is 0.786. The maximum absolute atomic E-state index is 12.5. The van der Waals surface area contributed by atoms with Gasteiger partial charge in [0.1, 0.15) is 5.75 Å². The molecule has 6 heteroatoms. The molecule has 0 N–H and O–H groups in total. The summed E-state index contributed by atoms with van der Waals surface area (Å²) in [5, 5.41) is 0. The standard InChI is InChI=1S/C16H19F3O3/c1-3-22-15(20)13(11-16(17,18)19)8-4-6-12-7-5-9-14(10-12)21-2/h4-7,9-10,13H,3,8,11H2,1-2H3/b6-4+. The molecule has 1 unspecified atom stereocenters. The molecule has 0 aliphatic rings. The van der Waals surface area contributed by atoms with Crippen LogP contribution in [0.1, 0.15) is 25.3 Å². The van der Waals surface area contributed by atoms with Gasteiger partial charge in [-0.1, -0.05) is 24.3 Å². The van der Waals surface area contributed by atoms with Gasteiger partial charge in [-0.15, -0.1) is 0 Å². The van der Waals surface area contributed by atoms with Gasteiger partial charge < -0.3 is 9.47 Å². The van der Waals surface area contributed by atoms with E-state index in [-0.39, 0.29) is 13.0 Å². The van der Waals surface area contributed by atoms with Crippen molar-refractivity contribution in [2.45, 2.75) is 25.9 Å². The molecule has 0 heterocycles. The van der Waals surface area contributed by atoms with E-state index < -0.39 is 24.5 Å². The van der Waals surface area contributed by atoms with E-state index in [1.54, 1.807) is 43.3 Å². The number of allylic oxidation sites excluding steroid dienone is 1. The van der Waals surface area contributed by atoms with Gasteiger partial charge in [-0.2, -0.15) is 13.2 Å². The highest BCUT2D eigenvalue weighted by molar-refractivity contribution is 5.73. The number of hydrogen-bond donors (Lipinski definition) is 0. The monoisotopic (exact) mass is 316 g/mol. The molecule has 122 valence electrons. The molecule has 0 aromatic heterocycles. The number of ether oxygens (including phenoxy) is 2. The van der Waals surface area contributed by atoms with Crippen LogP contribution in [0.5, 0.6) is 5.75 Å². The Bertz CT molecular complexity index is 510. The second-order valence-electron chi connectivity index (χ2n) is 4.68. The summed E-state index contributed by atoms with van der Waals surface area (Å²) in [6, 6.07) is 7.08. The lowest BCUT2D eigenvalue weighted by atomic mass is 10.0. The smallest absolute Gasteiger partial charge is 0.389 e. The van der Waals surface area contributed by atoms with Gasteiger partial charge >= 0.3 is 12.1 Å². The fourth-order valence-corrected chi connectivity index (χ4v) is 1.92. The van der Waals surface area contributed by atoms with E-state index in [1.165, 1.54) is 7.11 Å². The van der Waals surface area contributed by atoms with Crippen molar-refractivity contribution in [2.24, 2.45) is 5.92 Å². The van der Waals surface area contributed by atoms with Gasteiger partial charge in [0.2, 0.25) is 0 Å². The van der Waals surface area contributed by atoms with E-state index in [2.05, 4.69) is 0 Å². The lowest BCUT2D eigenvalue weighted by Crippen LogP contribution is -2.24. The fraction of sp³-hybridized carbons (Fsp3) is 0.438. The van der Waals surface area contributed by atoms with Crippen molar-refractivity contribution in [1.82, 2.24) is 0 Å². The Labute approximate surface area is 127 Å². The molecular weight excluding hydrogens is 297 g/mol. The lowest BCUT2D eigenvalue weighted by Gasteiger charge is -2.15.